The molecule has 5 nitrogen and oxygen atoms in total. The normalized spacial score (nSPS) is 15.9. The highest BCUT2D eigenvalue weighted by Gasteiger charge is 2.24. The van der Waals surface area contributed by atoms with Gasteiger partial charge in [0, 0.05) is 0 Å². The third-order valence-corrected chi connectivity index (χ3v) is 3.63. The highest BCUT2D eigenvalue weighted by Crippen LogP contribution is 2.39. The van der Waals surface area contributed by atoms with Crippen molar-refractivity contribution in [3.8, 4) is 11.5 Å². The van der Waals surface area contributed by atoms with Crippen molar-refractivity contribution in [1.82, 2.24) is 0 Å². The molecule has 1 aromatic carbocycles. The van der Waals surface area contributed by atoms with Crippen molar-refractivity contribution in [2.24, 2.45) is 11.7 Å². The largest absolute Gasteiger partial charge is 0.493 e. The van der Waals surface area contributed by atoms with Gasteiger partial charge in [-0.25, -0.2) is 0 Å². The minimum Gasteiger partial charge on any atom is -0.493 e. The quantitative estimate of drug-likeness (QED) is 0.837. The van der Waals surface area contributed by atoms with Crippen LogP contribution in [0.5, 0.6) is 11.5 Å². The van der Waals surface area contributed by atoms with Gasteiger partial charge in [0.2, 0.25) is 0 Å². The van der Waals surface area contributed by atoms with Crippen LogP contribution in [0.15, 0.2) is 16.6 Å². The van der Waals surface area contributed by atoms with Crippen molar-refractivity contribution in [1.29, 1.82) is 0 Å². The zero-order valence-corrected chi connectivity index (χ0v) is 12.1. The van der Waals surface area contributed by atoms with Gasteiger partial charge >= 0.3 is 5.97 Å². The Bertz CT molecular complexity index is 488. The monoisotopic (exact) mass is 329 g/mol. The molecule has 2 rings (SSSR count). The predicted octanol–water partition coefficient (Wildman–Crippen LogP) is 2.33. The molecule has 1 aliphatic carbocycles. The third-order valence-electron chi connectivity index (χ3n) is 3.04. The van der Waals surface area contributed by atoms with Crippen molar-refractivity contribution in [3.63, 3.8) is 0 Å². The fraction of sp³-hybridized carbons (Fsp3) is 0.462. The summed E-state index contributed by atoms with van der Waals surface area (Å²) in [4.78, 5) is 10.9. The number of halogens is 1. The summed E-state index contributed by atoms with van der Waals surface area (Å²) in [6.07, 6.45) is 2.39. The van der Waals surface area contributed by atoms with Crippen molar-refractivity contribution < 1.29 is 19.4 Å². The minimum absolute atomic E-state index is 0.468. The second-order valence-electron chi connectivity index (χ2n) is 4.60. The van der Waals surface area contributed by atoms with Crippen LogP contribution in [0.4, 0.5) is 0 Å². The Kier molecular flexibility index (Phi) is 4.31. The van der Waals surface area contributed by atoms with Crippen molar-refractivity contribution >= 4 is 21.9 Å². The summed E-state index contributed by atoms with van der Waals surface area (Å²) in [5, 5.41) is 8.93. The van der Waals surface area contributed by atoms with Crippen LogP contribution in [0.25, 0.3) is 0 Å². The molecular weight excluding hydrogens is 314 g/mol. The van der Waals surface area contributed by atoms with E-state index in [-0.39, 0.29) is 0 Å². The average molecular weight is 330 g/mol. The molecule has 0 bridgehead atoms. The fourth-order valence-electron chi connectivity index (χ4n) is 1.69. The van der Waals surface area contributed by atoms with Gasteiger partial charge in [0.05, 0.1) is 18.2 Å². The first-order valence-electron chi connectivity index (χ1n) is 6.01. The zero-order valence-electron chi connectivity index (χ0n) is 10.6. The lowest BCUT2D eigenvalue weighted by Crippen LogP contribution is -2.20. The molecule has 1 aliphatic rings. The lowest BCUT2D eigenvalue weighted by Gasteiger charge is -2.15. The highest BCUT2D eigenvalue weighted by atomic mass is 79.9. The maximum absolute atomic E-state index is 10.9. The number of methoxy groups -OCH3 is 1. The van der Waals surface area contributed by atoms with Gasteiger partial charge in [0.15, 0.2) is 11.5 Å². The molecule has 0 radical (unpaired) electrons. The van der Waals surface area contributed by atoms with E-state index >= 15 is 0 Å². The number of hydrogen-bond acceptors (Lipinski definition) is 4. The second-order valence-corrected chi connectivity index (χ2v) is 5.46. The molecule has 1 unspecified atom stereocenters. The summed E-state index contributed by atoms with van der Waals surface area (Å²) in [5.41, 5.74) is 6.06. The second kappa shape index (κ2) is 5.79. The van der Waals surface area contributed by atoms with E-state index < -0.39 is 12.0 Å². The summed E-state index contributed by atoms with van der Waals surface area (Å²) in [6.45, 7) is 0.652. The number of nitrogens with two attached hydrogens (primary N) is 1. The first-order chi connectivity index (χ1) is 9.02. The molecule has 1 fully saturated rings. The van der Waals surface area contributed by atoms with Crippen LogP contribution in [0.1, 0.15) is 24.4 Å². The van der Waals surface area contributed by atoms with E-state index in [2.05, 4.69) is 15.9 Å². The standard InChI is InChI=1S/C13H16BrNO4/c1-18-10-5-8(11(15)13(16)17)4-9(14)12(10)19-6-7-2-3-7/h4-5,7,11H,2-3,6,15H2,1H3,(H,16,17). The minimum atomic E-state index is -1.08. The highest BCUT2D eigenvalue weighted by molar-refractivity contribution is 9.10. The maximum Gasteiger partial charge on any atom is 0.325 e. The first kappa shape index (κ1) is 14.1. The number of aliphatic carboxylic acids is 1. The SMILES string of the molecule is COc1cc(C(N)C(=O)O)cc(Br)c1OCC1CC1. The van der Waals surface area contributed by atoms with Crippen molar-refractivity contribution in [2.45, 2.75) is 18.9 Å². The Labute approximate surface area is 119 Å². The summed E-state index contributed by atoms with van der Waals surface area (Å²) < 4.78 is 11.6. The number of rotatable bonds is 6. The average Bonchev–Trinajstić information content (AvgIpc) is 3.19. The smallest absolute Gasteiger partial charge is 0.325 e. The number of carboxylic acids is 1. The topological polar surface area (TPSA) is 81.8 Å². The molecule has 1 saturated carbocycles. The van der Waals surface area contributed by atoms with E-state index in [1.807, 2.05) is 0 Å². The van der Waals surface area contributed by atoms with E-state index in [9.17, 15) is 4.79 Å². The Morgan fingerprint density at radius 2 is 2.26 bits per heavy atom. The molecule has 0 amide bonds. The number of hydrogen-bond donors (Lipinski definition) is 2. The predicted molar refractivity (Wildman–Crippen MR) is 73.5 cm³/mol. The van der Waals surface area contributed by atoms with Crippen LogP contribution < -0.4 is 15.2 Å². The Hall–Kier alpha value is -1.27. The summed E-state index contributed by atoms with van der Waals surface area (Å²) >= 11 is 3.37. The van der Waals surface area contributed by atoms with E-state index in [1.54, 1.807) is 12.1 Å². The molecule has 1 aromatic rings. The van der Waals surface area contributed by atoms with Crippen LogP contribution in [-0.2, 0) is 4.79 Å². The lowest BCUT2D eigenvalue weighted by molar-refractivity contribution is -0.138. The van der Waals surface area contributed by atoms with Crippen molar-refractivity contribution in [2.75, 3.05) is 13.7 Å². The molecule has 0 aliphatic heterocycles. The third kappa shape index (κ3) is 3.39. The molecule has 3 N–H and O–H groups in total. The Morgan fingerprint density at radius 1 is 1.58 bits per heavy atom. The number of benzene rings is 1. The number of ether oxygens (including phenoxy) is 2. The van der Waals surface area contributed by atoms with Crippen LogP contribution in [0.2, 0.25) is 0 Å². The van der Waals surface area contributed by atoms with Gasteiger partial charge in [-0.3, -0.25) is 4.79 Å². The molecule has 6 heteroatoms. The van der Waals surface area contributed by atoms with Gasteiger partial charge in [0.25, 0.3) is 0 Å². The van der Waals surface area contributed by atoms with Gasteiger partial charge in [0.1, 0.15) is 6.04 Å². The molecule has 104 valence electrons. The molecule has 0 aromatic heterocycles. The number of carboxylic acid groups (broad SMARTS) is 1. The summed E-state index contributed by atoms with van der Waals surface area (Å²) in [6, 6.07) is 2.18. The summed E-state index contributed by atoms with van der Waals surface area (Å²) in [5.74, 6) is 0.621. The van der Waals surface area contributed by atoms with Crippen LogP contribution in [0, 0.1) is 5.92 Å². The van der Waals surface area contributed by atoms with E-state index in [0.717, 1.165) is 0 Å². The molecule has 1 atom stereocenters. The molecule has 19 heavy (non-hydrogen) atoms. The maximum atomic E-state index is 10.9. The van der Waals surface area contributed by atoms with Gasteiger partial charge in [-0.1, -0.05) is 0 Å². The van der Waals surface area contributed by atoms with Gasteiger partial charge in [-0.2, -0.15) is 0 Å². The number of carbonyl (C=O) groups is 1. The Morgan fingerprint density at radius 3 is 2.79 bits per heavy atom. The van der Waals surface area contributed by atoms with Crippen LogP contribution in [-0.4, -0.2) is 24.8 Å². The lowest BCUT2D eigenvalue weighted by atomic mass is 10.1. The zero-order chi connectivity index (χ0) is 14.0. The molecule has 0 spiro atoms. The van der Waals surface area contributed by atoms with E-state index in [0.29, 0.717) is 34.1 Å². The van der Waals surface area contributed by atoms with Crippen molar-refractivity contribution in [3.05, 3.63) is 22.2 Å². The van der Waals surface area contributed by atoms with Crippen LogP contribution >= 0.6 is 15.9 Å². The first-order valence-corrected chi connectivity index (χ1v) is 6.81. The molecule has 0 saturated heterocycles. The molecular formula is C13H16BrNO4. The Balaban J connectivity index is 2.25. The molecule has 0 heterocycles. The van der Waals surface area contributed by atoms with E-state index in [1.165, 1.54) is 20.0 Å². The van der Waals surface area contributed by atoms with Crippen LogP contribution in [0.3, 0.4) is 0 Å². The summed E-state index contributed by atoms with van der Waals surface area (Å²) in [7, 11) is 1.52. The van der Waals surface area contributed by atoms with Gasteiger partial charge in [-0.15, -0.1) is 0 Å². The fourth-order valence-corrected chi connectivity index (χ4v) is 2.26. The van der Waals surface area contributed by atoms with Gasteiger partial charge in [-0.05, 0) is 52.4 Å². The van der Waals surface area contributed by atoms with E-state index in [4.69, 9.17) is 20.3 Å². The van der Waals surface area contributed by atoms with Gasteiger partial charge < -0.3 is 20.3 Å².